The van der Waals surface area contributed by atoms with Crippen molar-refractivity contribution in [3.8, 4) is 0 Å². The second-order valence-electron chi connectivity index (χ2n) is 22.0. The zero-order chi connectivity index (χ0) is 50.6. The fourth-order valence-corrected chi connectivity index (χ4v) is 21.2. The van der Waals surface area contributed by atoms with Crippen LogP contribution in [0, 0.1) is 95.7 Å². The molecule has 2 heterocycles. The molecule has 10 rings (SSSR count). The molecule has 0 radical (unpaired) electrons. The molecule has 4 aromatic carbocycles. The molecule has 0 spiro atoms. The third kappa shape index (κ3) is 8.03. The van der Waals surface area contributed by atoms with Crippen LogP contribution in [0.5, 0.6) is 0 Å². The first-order chi connectivity index (χ1) is 33.7. The summed E-state index contributed by atoms with van der Waals surface area (Å²) in [6.45, 7) is 12.0. The summed E-state index contributed by atoms with van der Waals surface area (Å²) in [5, 5.41) is 0. The number of rotatable bonds is 13. The molecule has 14 heteroatoms. The fourth-order valence-electron chi connectivity index (χ4n) is 14.2. The van der Waals surface area contributed by atoms with E-state index in [1.807, 2.05) is 93.0 Å². The van der Waals surface area contributed by atoms with E-state index < -0.39 is 103 Å². The lowest BCUT2D eigenvalue weighted by molar-refractivity contribution is -0.00472. The molecular formula is C57H58F10N2OSi. The van der Waals surface area contributed by atoms with Gasteiger partial charge in [0.2, 0.25) is 11.6 Å². The summed E-state index contributed by atoms with van der Waals surface area (Å²) in [6, 6.07) is 11.8. The van der Waals surface area contributed by atoms with Crippen molar-refractivity contribution >= 4 is 19.4 Å². The number of hydrogen-bond donors (Lipinski definition) is 0. The lowest BCUT2D eigenvalue weighted by atomic mass is 9.88. The van der Waals surface area contributed by atoms with Gasteiger partial charge < -0.3 is 14.5 Å². The number of nitrogens with zero attached hydrogens (tertiary/aromatic N) is 2. The van der Waals surface area contributed by atoms with Crippen molar-refractivity contribution in [2.45, 2.75) is 127 Å². The van der Waals surface area contributed by atoms with Gasteiger partial charge in [0.15, 0.2) is 46.5 Å². The third-order valence-corrected chi connectivity index (χ3v) is 22.9. The molecule has 0 saturated heterocycles. The molecule has 2 saturated carbocycles. The Bertz CT molecular complexity index is 2670. The molecule has 2 fully saturated rings. The maximum atomic E-state index is 15.8. The first-order valence-electron chi connectivity index (χ1n) is 24.8. The van der Waals surface area contributed by atoms with Gasteiger partial charge in [0.25, 0.3) is 0 Å². The lowest BCUT2D eigenvalue weighted by Gasteiger charge is -2.48. The van der Waals surface area contributed by atoms with E-state index in [1.54, 1.807) is 0 Å². The molecular weight excluding hydrogens is 947 g/mol. The number of anilines is 2. The maximum absolute atomic E-state index is 15.8. The molecule has 0 amide bonds. The van der Waals surface area contributed by atoms with Crippen LogP contribution >= 0.6 is 0 Å². The molecule has 10 unspecified atom stereocenters. The highest BCUT2D eigenvalue weighted by molar-refractivity contribution is 6.82. The average Bonchev–Trinajstić information content (AvgIpc) is 4.06. The molecule has 71 heavy (non-hydrogen) atoms. The van der Waals surface area contributed by atoms with Crippen LogP contribution in [0.3, 0.4) is 0 Å². The van der Waals surface area contributed by atoms with Crippen LogP contribution in [0.1, 0.15) is 91.7 Å². The van der Waals surface area contributed by atoms with Crippen molar-refractivity contribution in [3.63, 3.8) is 0 Å². The second-order valence-corrected chi connectivity index (χ2v) is 26.9. The van der Waals surface area contributed by atoms with E-state index in [0.717, 1.165) is 54.0 Å². The number of benzene rings is 4. The van der Waals surface area contributed by atoms with Gasteiger partial charge in [-0.3, -0.25) is 0 Å². The number of fused-ring (bicyclic) bond motifs is 10. The number of hydrogen-bond acceptors (Lipinski definition) is 3. The highest BCUT2D eigenvalue weighted by Gasteiger charge is 2.68. The van der Waals surface area contributed by atoms with Crippen LogP contribution in [-0.4, -0.2) is 32.4 Å². The summed E-state index contributed by atoms with van der Waals surface area (Å²) in [4.78, 5) is 3.74. The first kappa shape index (κ1) is 49.5. The topological polar surface area (TPSA) is 15.7 Å². The maximum Gasteiger partial charge on any atom is 0.200 e. The molecule has 4 aromatic rings. The minimum atomic E-state index is -2.97. The Labute approximate surface area is 410 Å². The molecule has 3 nitrogen and oxygen atoms in total. The SMILES string of the molecule is Cc1ccc2c(c1)C1C(C3C=CC=CC3C1[Si](C)(CCCCCCOC(C)(C)C)C1C3C=CC=CC3C3C1c1cc(C)ccc1N3Cc1c(F)c(F)c(F)c(F)c1F)N2Cc1c(F)c(F)c(F)c(F)c1F. The highest BCUT2D eigenvalue weighted by Crippen LogP contribution is 2.72. The molecule has 6 aliphatic rings. The molecule has 0 aromatic heterocycles. The Kier molecular flexibility index (Phi) is 12.9. The number of halogens is 10. The van der Waals surface area contributed by atoms with Gasteiger partial charge >= 0.3 is 0 Å². The van der Waals surface area contributed by atoms with Crippen molar-refractivity contribution in [1.82, 2.24) is 0 Å². The van der Waals surface area contributed by atoms with Crippen molar-refractivity contribution in [2.24, 2.45) is 23.7 Å². The van der Waals surface area contributed by atoms with Crippen LogP contribution in [0.25, 0.3) is 0 Å². The standard InChI is InChI=1S/C57H58F10N2OSi/c1-29-19-21-39-35(25-29)41-53(68(39)27-37-43(58)47(62)51(66)48(63)44(37)59)31-15-9-11-17-33(31)55(41)71(6,24-14-8-7-13-23-70-57(3,4)5)56-34-18-12-10-16-32(34)54-42(56)36-26-30(2)20-22-40(36)69(54)28-38-45(60)49(64)52(67)50(65)46(38)61/h9-12,15-22,25-26,31-34,41-42,53-56H,7-8,13-14,23-24,27-28H2,1-6H3. The van der Waals surface area contributed by atoms with Crippen LogP contribution in [0.15, 0.2) is 85.0 Å². The van der Waals surface area contributed by atoms with E-state index in [4.69, 9.17) is 4.74 Å². The lowest BCUT2D eigenvalue weighted by Crippen LogP contribution is -2.48. The van der Waals surface area contributed by atoms with Crippen molar-refractivity contribution in [2.75, 3.05) is 16.4 Å². The molecule has 0 bridgehead atoms. The van der Waals surface area contributed by atoms with Gasteiger partial charge in [-0.25, -0.2) is 43.9 Å². The molecule has 0 N–H and O–H groups in total. The van der Waals surface area contributed by atoms with E-state index >= 15 is 17.6 Å². The van der Waals surface area contributed by atoms with Gasteiger partial charge in [0, 0.05) is 78.0 Å². The minimum absolute atomic E-state index is 0.0500. The highest BCUT2D eigenvalue weighted by atomic mass is 28.3. The largest absolute Gasteiger partial charge is 0.376 e. The summed E-state index contributed by atoms with van der Waals surface area (Å²) >= 11 is 0. The number of unbranched alkanes of at least 4 members (excludes halogenated alkanes) is 3. The molecule has 4 aliphatic carbocycles. The van der Waals surface area contributed by atoms with Crippen molar-refractivity contribution < 1.29 is 48.6 Å². The summed E-state index contributed by atoms with van der Waals surface area (Å²) in [5.74, 6) is -20.9. The Morgan fingerprint density at radius 1 is 0.493 bits per heavy atom. The van der Waals surface area contributed by atoms with Crippen LogP contribution in [0.2, 0.25) is 23.7 Å². The van der Waals surface area contributed by atoms with Gasteiger partial charge in [0.05, 0.1) is 13.7 Å². The van der Waals surface area contributed by atoms with Gasteiger partial charge in [-0.05, 0) is 87.2 Å². The van der Waals surface area contributed by atoms with E-state index in [9.17, 15) is 26.3 Å². The Hall–Kier alpha value is -5.08. The van der Waals surface area contributed by atoms with Crippen molar-refractivity contribution in [3.05, 3.63) is 177 Å². The van der Waals surface area contributed by atoms with Crippen LogP contribution in [-0.2, 0) is 17.8 Å². The zero-order valence-electron chi connectivity index (χ0n) is 40.6. The van der Waals surface area contributed by atoms with Gasteiger partial charge in [-0.15, -0.1) is 0 Å². The smallest absolute Gasteiger partial charge is 0.200 e. The summed E-state index contributed by atoms with van der Waals surface area (Å²) < 4.78 is 158. The number of aryl methyl sites for hydroxylation is 2. The van der Waals surface area contributed by atoms with Crippen molar-refractivity contribution in [1.29, 1.82) is 0 Å². The van der Waals surface area contributed by atoms with Crippen LogP contribution in [0.4, 0.5) is 55.3 Å². The van der Waals surface area contributed by atoms with E-state index in [2.05, 4.69) is 43.0 Å². The average molecular weight is 1010 g/mol. The fraction of sp³-hybridized carbons (Fsp3) is 0.439. The van der Waals surface area contributed by atoms with Gasteiger partial charge in [-0.2, -0.15) is 0 Å². The monoisotopic (exact) mass is 1000 g/mol. The molecule has 10 atom stereocenters. The third-order valence-electron chi connectivity index (χ3n) is 16.9. The minimum Gasteiger partial charge on any atom is -0.376 e. The first-order valence-corrected chi connectivity index (χ1v) is 27.7. The quantitative estimate of drug-likeness (QED) is 0.0436. The zero-order valence-corrected chi connectivity index (χ0v) is 41.6. The predicted molar refractivity (Wildman–Crippen MR) is 259 cm³/mol. The van der Waals surface area contributed by atoms with E-state index in [1.165, 1.54) is 0 Å². The molecule has 2 aliphatic heterocycles. The van der Waals surface area contributed by atoms with Gasteiger partial charge in [0.1, 0.15) is 0 Å². The Morgan fingerprint density at radius 3 is 1.25 bits per heavy atom. The summed E-state index contributed by atoms with van der Waals surface area (Å²) in [6.07, 6.45) is 20.3. The van der Waals surface area contributed by atoms with E-state index in [0.29, 0.717) is 18.0 Å². The summed E-state index contributed by atoms with van der Waals surface area (Å²) in [7, 11) is -2.97. The molecule has 376 valence electrons. The van der Waals surface area contributed by atoms with Gasteiger partial charge in [-0.1, -0.05) is 116 Å². The normalized spacial score (nSPS) is 27.5. The Morgan fingerprint density at radius 2 is 0.859 bits per heavy atom. The summed E-state index contributed by atoms with van der Waals surface area (Å²) in [5.41, 5.74) is 3.00. The predicted octanol–water partition coefficient (Wildman–Crippen LogP) is 15.3. The second kappa shape index (κ2) is 18.4. The number of allylic oxidation sites excluding steroid dienone is 6. The van der Waals surface area contributed by atoms with Crippen LogP contribution < -0.4 is 9.80 Å². The number of ether oxygens (including phenoxy) is 1. The van der Waals surface area contributed by atoms with E-state index in [-0.39, 0.29) is 52.2 Å². The Balaban J connectivity index is 1.13.